The third-order valence-electron chi connectivity index (χ3n) is 2.42. The summed E-state index contributed by atoms with van der Waals surface area (Å²) in [7, 11) is 0. The number of aromatic nitrogens is 1. The van der Waals surface area contributed by atoms with E-state index in [1.807, 2.05) is 0 Å². The highest BCUT2D eigenvalue weighted by Gasteiger charge is 2.17. The van der Waals surface area contributed by atoms with Crippen molar-refractivity contribution in [1.82, 2.24) is 4.98 Å². The van der Waals surface area contributed by atoms with Crippen LogP contribution in [-0.2, 0) is 9.47 Å². The van der Waals surface area contributed by atoms with E-state index in [4.69, 9.17) is 14.2 Å². The lowest BCUT2D eigenvalue weighted by Gasteiger charge is -2.10. The van der Waals surface area contributed by atoms with Gasteiger partial charge in [-0.15, -0.1) is 0 Å². The zero-order valence-electron chi connectivity index (χ0n) is 9.72. The fourth-order valence-electron chi connectivity index (χ4n) is 1.56. The molecule has 0 amide bonds. The molecule has 2 rings (SSSR count). The normalized spacial score (nSPS) is 19.0. The molecule has 1 aromatic heterocycles. The molecular weight excluding hydrogens is 222 g/mol. The van der Waals surface area contributed by atoms with E-state index in [9.17, 15) is 4.79 Å². The van der Waals surface area contributed by atoms with Gasteiger partial charge in [0.25, 0.3) is 0 Å². The molecule has 5 nitrogen and oxygen atoms in total. The van der Waals surface area contributed by atoms with Crippen LogP contribution in [0.2, 0.25) is 0 Å². The van der Waals surface area contributed by atoms with Gasteiger partial charge in [0, 0.05) is 18.7 Å². The van der Waals surface area contributed by atoms with Crippen LogP contribution >= 0.6 is 0 Å². The van der Waals surface area contributed by atoms with Gasteiger partial charge in [-0.05, 0) is 13.0 Å². The van der Waals surface area contributed by atoms with Gasteiger partial charge in [-0.25, -0.2) is 9.78 Å². The number of carbonyl (C=O) groups is 1. The average Bonchev–Trinajstić information content (AvgIpc) is 2.83. The molecule has 1 aromatic rings. The molecule has 0 bridgehead atoms. The first-order valence-corrected chi connectivity index (χ1v) is 5.67. The van der Waals surface area contributed by atoms with Crippen LogP contribution in [0.15, 0.2) is 18.3 Å². The second kappa shape index (κ2) is 5.63. The van der Waals surface area contributed by atoms with Crippen LogP contribution in [0.3, 0.4) is 0 Å². The molecule has 92 valence electrons. The number of hydrogen-bond donors (Lipinski definition) is 0. The summed E-state index contributed by atoms with van der Waals surface area (Å²) in [6.45, 7) is 3.45. The molecule has 1 unspecified atom stereocenters. The molecule has 17 heavy (non-hydrogen) atoms. The lowest BCUT2D eigenvalue weighted by Crippen LogP contribution is -2.16. The number of rotatable bonds is 4. The topological polar surface area (TPSA) is 57.7 Å². The van der Waals surface area contributed by atoms with Gasteiger partial charge in [-0.2, -0.15) is 0 Å². The van der Waals surface area contributed by atoms with Crippen molar-refractivity contribution in [2.24, 2.45) is 0 Å². The molecule has 1 fully saturated rings. The summed E-state index contributed by atoms with van der Waals surface area (Å²) in [4.78, 5) is 15.4. The quantitative estimate of drug-likeness (QED) is 0.741. The van der Waals surface area contributed by atoms with Crippen molar-refractivity contribution in [3.8, 4) is 5.88 Å². The molecule has 0 spiro atoms. The minimum Gasteiger partial charge on any atom is -0.472 e. The summed E-state index contributed by atoms with van der Waals surface area (Å²) in [6, 6.07) is 3.32. The van der Waals surface area contributed by atoms with Gasteiger partial charge in [0.1, 0.15) is 6.10 Å². The summed E-state index contributed by atoms with van der Waals surface area (Å²) >= 11 is 0. The largest absolute Gasteiger partial charge is 0.472 e. The zero-order valence-corrected chi connectivity index (χ0v) is 9.72. The number of esters is 1. The molecule has 1 atom stereocenters. The summed E-state index contributed by atoms with van der Waals surface area (Å²) in [5, 5.41) is 0. The lowest BCUT2D eigenvalue weighted by molar-refractivity contribution is 0.0525. The maximum atomic E-state index is 11.4. The standard InChI is InChI=1S/C12H15NO4/c1-2-16-12(14)9-3-4-11(13-7-9)17-10-5-6-15-8-10/h3-4,7,10H,2,5-6,8H2,1H3. The molecule has 2 heterocycles. The smallest absolute Gasteiger partial charge is 0.339 e. The Morgan fingerprint density at radius 3 is 3.06 bits per heavy atom. The minimum absolute atomic E-state index is 0.0657. The van der Waals surface area contributed by atoms with Crippen molar-refractivity contribution in [2.75, 3.05) is 19.8 Å². The first-order valence-electron chi connectivity index (χ1n) is 5.67. The number of carbonyl (C=O) groups excluding carboxylic acids is 1. The van der Waals surface area contributed by atoms with E-state index in [0.717, 1.165) is 13.0 Å². The Bertz CT molecular complexity index is 371. The van der Waals surface area contributed by atoms with Gasteiger partial charge in [-0.3, -0.25) is 0 Å². The number of ether oxygens (including phenoxy) is 3. The van der Waals surface area contributed by atoms with E-state index < -0.39 is 0 Å². The number of pyridine rings is 1. The predicted octanol–water partition coefficient (Wildman–Crippen LogP) is 1.43. The molecule has 1 aliphatic heterocycles. The van der Waals surface area contributed by atoms with E-state index in [1.165, 1.54) is 6.20 Å². The molecular formula is C12H15NO4. The summed E-state index contributed by atoms with van der Waals surface area (Å²) < 4.78 is 15.6. The van der Waals surface area contributed by atoms with Crippen molar-refractivity contribution in [3.63, 3.8) is 0 Å². The van der Waals surface area contributed by atoms with Gasteiger partial charge in [0.2, 0.25) is 5.88 Å². The molecule has 1 aliphatic rings. The first kappa shape index (κ1) is 11.9. The molecule has 0 aliphatic carbocycles. The second-order valence-corrected chi connectivity index (χ2v) is 3.71. The van der Waals surface area contributed by atoms with Crippen LogP contribution in [0, 0.1) is 0 Å². The van der Waals surface area contributed by atoms with Gasteiger partial charge in [0.15, 0.2) is 0 Å². The second-order valence-electron chi connectivity index (χ2n) is 3.71. The predicted molar refractivity (Wildman–Crippen MR) is 60.0 cm³/mol. The lowest BCUT2D eigenvalue weighted by atomic mass is 10.3. The molecule has 0 aromatic carbocycles. The van der Waals surface area contributed by atoms with Crippen molar-refractivity contribution in [1.29, 1.82) is 0 Å². The molecule has 0 saturated carbocycles. The number of nitrogens with zero attached hydrogens (tertiary/aromatic N) is 1. The monoisotopic (exact) mass is 237 g/mol. The molecule has 1 saturated heterocycles. The summed E-state index contributed by atoms with van der Waals surface area (Å²) in [5.41, 5.74) is 0.432. The fraction of sp³-hybridized carbons (Fsp3) is 0.500. The Hall–Kier alpha value is -1.62. The van der Waals surface area contributed by atoms with Crippen LogP contribution < -0.4 is 4.74 Å². The highest BCUT2D eigenvalue weighted by Crippen LogP contribution is 2.14. The van der Waals surface area contributed by atoms with Gasteiger partial charge in [-0.1, -0.05) is 0 Å². The van der Waals surface area contributed by atoms with E-state index >= 15 is 0 Å². The highest BCUT2D eigenvalue weighted by molar-refractivity contribution is 5.89. The van der Waals surface area contributed by atoms with Gasteiger partial charge < -0.3 is 14.2 Å². The third-order valence-corrected chi connectivity index (χ3v) is 2.42. The van der Waals surface area contributed by atoms with Crippen LogP contribution in [0.5, 0.6) is 5.88 Å². The van der Waals surface area contributed by atoms with Crippen molar-refractivity contribution >= 4 is 5.97 Å². The Kier molecular flexibility index (Phi) is 3.93. The third kappa shape index (κ3) is 3.17. The van der Waals surface area contributed by atoms with Crippen molar-refractivity contribution in [2.45, 2.75) is 19.4 Å². The Morgan fingerprint density at radius 1 is 1.59 bits per heavy atom. The SMILES string of the molecule is CCOC(=O)c1ccc(OC2CCOC2)nc1. The van der Waals surface area contributed by atoms with Crippen LogP contribution in [0.4, 0.5) is 0 Å². The van der Waals surface area contributed by atoms with Crippen LogP contribution in [0.25, 0.3) is 0 Å². The van der Waals surface area contributed by atoms with E-state index in [1.54, 1.807) is 19.1 Å². The van der Waals surface area contributed by atoms with E-state index in [0.29, 0.717) is 24.7 Å². The van der Waals surface area contributed by atoms with Gasteiger partial charge >= 0.3 is 5.97 Å². The van der Waals surface area contributed by atoms with E-state index in [-0.39, 0.29) is 12.1 Å². The summed E-state index contributed by atoms with van der Waals surface area (Å²) in [6.07, 6.45) is 2.40. The molecule has 0 radical (unpaired) electrons. The number of hydrogen-bond acceptors (Lipinski definition) is 5. The first-order chi connectivity index (χ1) is 8.29. The van der Waals surface area contributed by atoms with Crippen LogP contribution in [0.1, 0.15) is 23.7 Å². The summed E-state index contributed by atoms with van der Waals surface area (Å²) in [5.74, 6) is 0.143. The highest BCUT2D eigenvalue weighted by atomic mass is 16.5. The van der Waals surface area contributed by atoms with Crippen molar-refractivity contribution in [3.05, 3.63) is 23.9 Å². The molecule has 0 N–H and O–H groups in total. The zero-order chi connectivity index (χ0) is 12.1. The molecule has 5 heteroatoms. The fourth-order valence-corrected chi connectivity index (χ4v) is 1.56. The maximum absolute atomic E-state index is 11.4. The minimum atomic E-state index is -0.365. The Labute approximate surface area is 99.7 Å². The average molecular weight is 237 g/mol. The maximum Gasteiger partial charge on any atom is 0.339 e. The van der Waals surface area contributed by atoms with Crippen molar-refractivity contribution < 1.29 is 19.0 Å². The Balaban J connectivity index is 1.94. The van der Waals surface area contributed by atoms with E-state index in [2.05, 4.69) is 4.98 Å². The van der Waals surface area contributed by atoms with Gasteiger partial charge in [0.05, 0.1) is 25.4 Å². The Morgan fingerprint density at radius 2 is 2.47 bits per heavy atom. The van der Waals surface area contributed by atoms with Crippen LogP contribution in [-0.4, -0.2) is 36.9 Å².